The van der Waals surface area contributed by atoms with Gasteiger partial charge in [-0.3, -0.25) is 9.69 Å². The van der Waals surface area contributed by atoms with Crippen LogP contribution in [0.5, 0.6) is 11.5 Å². The SMILES string of the molecule is COc1ccc(CN2CCN(C(=O)C3COc4ccccc4C3)CC2)cc1F. The van der Waals surface area contributed by atoms with Crippen LogP contribution in [-0.2, 0) is 17.8 Å². The van der Waals surface area contributed by atoms with E-state index < -0.39 is 0 Å². The molecule has 0 saturated carbocycles. The van der Waals surface area contributed by atoms with Crippen LogP contribution in [0.25, 0.3) is 0 Å². The van der Waals surface area contributed by atoms with Crippen LogP contribution in [-0.4, -0.2) is 55.6 Å². The van der Waals surface area contributed by atoms with Gasteiger partial charge < -0.3 is 14.4 Å². The molecule has 28 heavy (non-hydrogen) atoms. The lowest BCUT2D eigenvalue weighted by molar-refractivity contribution is -0.138. The number of hydrogen-bond acceptors (Lipinski definition) is 4. The predicted octanol–water partition coefficient (Wildman–Crippen LogP) is 2.73. The second-order valence-electron chi connectivity index (χ2n) is 7.39. The molecule has 2 aromatic rings. The first-order chi connectivity index (χ1) is 13.6. The lowest BCUT2D eigenvalue weighted by atomic mass is 9.95. The van der Waals surface area contributed by atoms with Gasteiger partial charge in [0.2, 0.25) is 5.91 Å². The summed E-state index contributed by atoms with van der Waals surface area (Å²) in [6, 6.07) is 13.0. The maximum Gasteiger partial charge on any atom is 0.229 e. The second-order valence-corrected chi connectivity index (χ2v) is 7.39. The van der Waals surface area contributed by atoms with Gasteiger partial charge in [0.25, 0.3) is 0 Å². The molecule has 0 aliphatic carbocycles. The molecule has 0 aromatic heterocycles. The van der Waals surface area contributed by atoms with Gasteiger partial charge in [0.05, 0.1) is 13.0 Å². The molecule has 4 rings (SSSR count). The van der Waals surface area contributed by atoms with Crippen LogP contribution in [0.1, 0.15) is 11.1 Å². The van der Waals surface area contributed by atoms with Gasteiger partial charge in [0.15, 0.2) is 11.6 Å². The molecular weight excluding hydrogens is 359 g/mol. The van der Waals surface area contributed by atoms with E-state index in [0.717, 1.165) is 36.4 Å². The van der Waals surface area contributed by atoms with Crippen LogP contribution in [0.4, 0.5) is 4.39 Å². The maximum atomic E-state index is 13.9. The zero-order chi connectivity index (χ0) is 19.5. The summed E-state index contributed by atoms with van der Waals surface area (Å²) in [4.78, 5) is 17.1. The Labute approximate surface area is 164 Å². The molecule has 1 fully saturated rings. The van der Waals surface area contributed by atoms with Crippen molar-refractivity contribution in [3.8, 4) is 11.5 Å². The fraction of sp³-hybridized carbons (Fsp3) is 0.409. The Balaban J connectivity index is 1.30. The minimum Gasteiger partial charge on any atom is -0.494 e. The fourth-order valence-corrected chi connectivity index (χ4v) is 3.94. The van der Waals surface area contributed by atoms with Gasteiger partial charge in [-0.15, -0.1) is 0 Å². The number of piperazine rings is 1. The number of rotatable bonds is 4. The number of nitrogens with zero attached hydrogens (tertiary/aromatic N) is 2. The zero-order valence-electron chi connectivity index (χ0n) is 16.1. The molecule has 6 heteroatoms. The summed E-state index contributed by atoms with van der Waals surface area (Å²) < 4.78 is 24.6. The molecule has 0 spiro atoms. The molecular formula is C22H25FN2O3. The van der Waals surface area contributed by atoms with Crippen LogP contribution in [0.3, 0.4) is 0 Å². The molecule has 1 atom stereocenters. The number of halogens is 1. The molecule has 1 unspecified atom stereocenters. The third-order valence-electron chi connectivity index (χ3n) is 5.53. The highest BCUT2D eigenvalue weighted by molar-refractivity contribution is 5.80. The van der Waals surface area contributed by atoms with E-state index in [1.54, 1.807) is 6.07 Å². The first-order valence-electron chi connectivity index (χ1n) is 9.68. The largest absolute Gasteiger partial charge is 0.494 e. The normalized spacial score (nSPS) is 19.6. The van der Waals surface area contributed by atoms with Crippen molar-refractivity contribution < 1.29 is 18.7 Å². The van der Waals surface area contributed by atoms with Gasteiger partial charge in [-0.25, -0.2) is 4.39 Å². The van der Waals surface area contributed by atoms with Crippen LogP contribution in [0, 0.1) is 11.7 Å². The van der Waals surface area contributed by atoms with Crippen molar-refractivity contribution in [2.24, 2.45) is 5.92 Å². The average Bonchev–Trinajstić information content (AvgIpc) is 2.73. The summed E-state index contributed by atoms with van der Waals surface area (Å²) >= 11 is 0. The molecule has 2 aromatic carbocycles. The van der Waals surface area contributed by atoms with E-state index in [0.29, 0.717) is 26.2 Å². The van der Waals surface area contributed by atoms with Gasteiger partial charge in [-0.05, 0) is 35.7 Å². The summed E-state index contributed by atoms with van der Waals surface area (Å²) in [6.45, 7) is 4.06. The molecule has 2 aliphatic rings. The van der Waals surface area contributed by atoms with E-state index >= 15 is 0 Å². The molecule has 0 radical (unpaired) electrons. The Bertz CT molecular complexity index is 849. The first-order valence-corrected chi connectivity index (χ1v) is 9.68. The Morgan fingerprint density at radius 3 is 2.71 bits per heavy atom. The van der Waals surface area contributed by atoms with Crippen molar-refractivity contribution in [1.82, 2.24) is 9.80 Å². The number of carbonyl (C=O) groups excluding carboxylic acids is 1. The van der Waals surface area contributed by atoms with Crippen LogP contribution >= 0.6 is 0 Å². The fourth-order valence-electron chi connectivity index (χ4n) is 3.94. The number of amides is 1. The number of ether oxygens (including phenoxy) is 2. The predicted molar refractivity (Wildman–Crippen MR) is 104 cm³/mol. The molecule has 2 aliphatic heterocycles. The Hall–Kier alpha value is -2.60. The van der Waals surface area contributed by atoms with Crippen LogP contribution in [0.2, 0.25) is 0 Å². The summed E-state index contributed by atoms with van der Waals surface area (Å²) in [7, 11) is 1.46. The molecule has 1 saturated heterocycles. The summed E-state index contributed by atoms with van der Waals surface area (Å²) in [5.74, 6) is 0.867. The molecule has 148 valence electrons. The number of para-hydroxylation sites is 1. The highest BCUT2D eigenvalue weighted by Crippen LogP contribution is 2.28. The second kappa shape index (κ2) is 8.19. The molecule has 5 nitrogen and oxygen atoms in total. The zero-order valence-corrected chi connectivity index (χ0v) is 16.1. The lowest BCUT2D eigenvalue weighted by Gasteiger charge is -2.37. The van der Waals surface area contributed by atoms with Crippen molar-refractivity contribution in [3.05, 3.63) is 59.4 Å². The Kier molecular flexibility index (Phi) is 5.48. The minimum absolute atomic E-state index is 0.114. The van der Waals surface area contributed by atoms with E-state index in [2.05, 4.69) is 4.90 Å². The van der Waals surface area contributed by atoms with Gasteiger partial charge >= 0.3 is 0 Å². The number of methoxy groups -OCH3 is 1. The van der Waals surface area contributed by atoms with Crippen LogP contribution < -0.4 is 9.47 Å². The van der Waals surface area contributed by atoms with Gasteiger partial charge in [-0.1, -0.05) is 24.3 Å². The van der Waals surface area contributed by atoms with Crippen LogP contribution in [0.15, 0.2) is 42.5 Å². The number of hydrogen-bond donors (Lipinski definition) is 0. The van der Waals surface area contributed by atoms with Crippen molar-refractivity contribution in [3.63, 3.8) is 0 Å². The summed E-state index contributed by atoms with van der Waals surface area (Å²) in [5.41, 5.74) is 2.02. The summed E-state index contributed by atoms with van der Waals surface area (Å²) in [6.07, 6.45) is 0.736. The van der Waals surface area contributed by atoms with Crippen molar-refractivity contribution in [2.45, 2.75) is 13.0 Å². The minimum atomic E-state index is -0.341. The molecule has 2 heterocycles. The van der Waals surface area contributed by atoms with E-state index in [1.807, 2.05) is 35.2 Å². The third-order valence-corrected chi connectivity index (χ3v) is 5.53. The van der Waals surface area contributed by atoms with Crippen molar-refractivity contribution in [2.75, 3.05) is 39.9 Å². The van der Waals surface area contributed by atoms with Gasteiger partial charge in [-0.2, -0.15) is 0 Å². The summed E-state index contributed by atoms with van der Waals surface area (Å²) in [5, 5.41) is 0. The van der Waals surface area contributed by atoms with Crippen molar-refractivity contribution >= 4 is 5.91 Å². The molecule has 0 N–H and O–H groups in total. The highest BCUT2D eigenvalue weighted by Gasteiger charge is 2.31. The van der Waals surface area contributed by atoms with E-state index in [9.17, 15) is 9.18 Å². The van der Waals surface area contributed by atoms with E-state index in [4.69, 9.17) is 9.47 Å². The number of fused-ring (bicyclic) bond motifs is 1. The van der Waals surface area contributed by atoms with Gasteiger partial charge in [0.1, 0.15) is 12.4 Å². The number of carbonyl (C=O) groups is 1. The smallest absolute Gasteiger partial charge is 0.229 e. The standard InChI is InChI=1S/C22H25FN2O3/c1-27-21-7-6-16(12-19(21)23)14-24-8-10-25(11-9-24)22(26)18-13-17-4-2-3-5-20(17)28-15-18/h2-7,12,18H,8-11,13-15H2,1H3. The molecule has 1 amide bonds. The monoisotopic (exact) mass is 384 g/mol. The highest BCUT2D eigenvalue weighted by atomic mass is 19.1. The topological polar surface area (TPSA) is 42.0 Å². The lowest BCUT2D eigenvalue weighted by Crippen LogP contribution is -2.51. The Morgan fingerprint density at radius 2 is 1.96 bits per heavy atom. The first kappa shape index (κ1) is 18.7. The third kappa shape index (κ3) is 3.97. The maximum absolute atomic E-state index is 13.9. The number of benzene rings is 2. The van der Waals surface area contributed by atoms with Crippen molar-refractivity contribution in [1.29, 1.82) is 0 Å². The van der Waals surface area contributed by atoms with Gasteiger partial charge in [0, 0.05) is 32.7 Å². The molecule has 0 bridgehead atoms. The Morgan fingerprint density at radius 1 is 1.18 bits per heavy atom. The average molecular weight is 384 g/mol. The van der Waals surface area contributed by atoms with E-state index in [1.165, 1.54) is 13.2 Å². The van der Waals surface area contributed by atoms with E-state index in [-0.39, 0.29) is 23.4 Å². The quantitative estimate of drug-likeness (QED) is 0.813.